The maximum Gasteiger partial charge on any atom is 0.417 e. The van der Waals surface area contributed by atoms with E-state index in [0.29, 0.717) is 18.6 Å². The number of aromatic nitrogens is 1. The smallest absolute Gasteiger partial charge is 0.417 e. The zero-order valence-electron chi connectivity index (χ0n) is 10.6. The summed E-state index contributed by atoms with van der Waals surface area (Å²) >= 11 is 0. The lowest BCUT2D eigenvalue weighted by molar-refractivity contribution is -0.137. The standard InChI is InChI=1S/C14H13F3N2O/c15-14(16,17)10-4-2-1-3-9(10)13-19-11-6-5-8(18)7-12(11)20-13/h1-4,8H,5-7,18H2. The second kappa shape index (κ2) is 4.63. The van der Waals surface area contributed by atoms with Gasteiger partial charge in [0.25, 0.3) is 0 Å². The summed E-state index contributed by atoms with van der Waals surface area (Å²) in [4.78, 5) is 4.21. The minimum atomic E-state index is -4.43. The summed E-state index contributed by atoms with van der Waals surface area (Å²) in [5.74, 6) is 0.632. The lowest BCUT2D eigenvalue weighted by Crippen LogP contribution is -2.27. The van der Waals surface area contributed by atoms with E-state index in [0.717, 1.165) is 18.2 Å². The summed E-state index contributed by atoms with van der Waals surface area (Å²) in [5, 5.41) is 0. The van der Waals surface area contributed by atoms with Gasteiger partial charge in [-0.05, 0) is 25.0 Å². The molecule has 1 atom stereocenters. The van der Waals surface area contributed by atoms with E-state index in [9.17, 15) is 13.2 Å². The maximum atomic E-state index is 13.0. The van der Waals surface area contributed by atoms with Crippen molar-refractivity contribution in [1.29, 1.82) is 0 Å². The van der Waals surface area contributed by atoms with Crippen LogP contribution >= 0.6 is 0 Å². The largest absolute Gasteiger partial charge is 0.441 e. The molecule has 3 rings (SSSR count). The first-order chi connectivity index (χ1) is 9.45. The summed E-state index contributed by atoms with van der Waals surface area (Å²) in [6.45, 7) is 0. The van der Waals surface area contributed by atoms with Crippen LogP contribution in [-0.2, 0) is 19.0 Å². The van der Waals surface area contributed by atoms with Crippen molar-refractivity contribution < 1.29 is 17.6 Å². The highest BCUT2D eigenvalue weighted by molar-refractivity contribution is 5.60. The molecule has 1 aromatic heterocycles. The van der Waals surface area contributed by atoms with Crippen molar-refractivity contribution in [3.63, 3.8) is 0 Å². The van der Waals surface area contributed by atoms with Crippen molar-refractivity contribution in [1.82, 2.24) is 4.98 Å². The zero-order valence-corrected chi connectivity index (χ0v) is 10.6. The van der Waals surface area contributed by atoms with Gasteiger partial charge in [-0.1, -0.05) is 12.1 Å². The molecule has 1 aromatic carbocycles. The molecular weight excluding hydrogens is 269 g/mol. The van der Waals surface area contributed by atoms with E-state index in [2.05, 4.69) is 4.98 Å². The highest BCUT2D eigenvalue weighted by Crippen LogP contribution is 2.37. The van der Waals surface area contributed by atoms with Crippen LogP contribution in [0.5, 0.6) is 0 Å². The minimum absolute atomic E-state index is 0.0128. The molecule has 0 saturated heterocycles. The number of oxazole rings is 1. The lowest BCUT2D eigenvalue weighted by atomic mass is 9.98. The number of nitrogens with two attached hydrogens (primary N) is 1. The van der Waals surface area contributed by atoms with Gasteiger partial charge >= 0.3 is 6.18 Å². The van der Waals surface area contributed by atoms with Crippen molar-refractivity contribution in [2.75, 3.05) is 0 Å². The van der Waals surface area contributed by atoms with Crippen LogP contribution in [0.3, 0.4) is 0 Å². The maximum absolute atomic E-state index is 13.0. The second-order valence-electron chi connectivity index (χ2n) is 4.94. The fourth-order valence-corrected chi connectivity index (χ4v) is 2.43. The van der Waals surface area contributed by atoms with Gasteiger partial charge in [-0.3, -0.25) is 0 Å². The Labute approximate surface area is 113 Å². The third kappa shape index (κ3) is 2.31. The molecule has 106 valence electrons. The predicted molar refractivity (Wildman–Crippen MR) is 66.9 cm³/mol. The summed E-state index contributed by atoms with van der Waals surface area (Å²) in [6, 6.07) is 5.29. The van der Waals surface area contributed by atoms with Gasteiger partial charge < -0.3 is 10.2 Å². The van der Waals surface area contributed by atoms with Crippen LogP contribution in [0.25, 0.3) is 11.5 Å². The molecule has 0 aliphatic heterocycles. The minimum Gasteiger partial charge on any atom is -0.441 e. The first-order valence-electron chi connectivity index (χ1n) is 6.36. The first-order valence-corrected chi connectivity index (χ1v) is 6.36. The molecule has 1 unspecified atom stereocenters. The fourth-order valence-electron chi connectivity index (χ4n) is 2.43. The van der Waals surface area contributed by atoms with E-state index in [-0.39, 0.29) is 17.5 Å². The summed E-state index contributed by atoms with van der Waals surface area (Å²) < 4.78 is 44.5. The normalized spacial score (nSPS) is 18.9. The Morgan fingerprint density at radius 1 is 1.25 bits per heavy atom. The van der Waals surface area contributed by atoms with Gasteiger partial charge in [0.05, 0.1) is 11.3 Å². The Kier molecular flexibility index (Phi) is 3.05. The number of nitrogens with zero attached hydrogens (tertiary/aromatic N) is 1. The van der Waals surface area contributed by atoms with Crippen LogP contribution in [0, 0.1) is 0 Å². The molecule has 0 radical (unpaired) electrons. The number of halogens is 3. The zero-order chi connectivity index (χ0) is 14.3. The average molecular weight is 282 g/mol. The number of alkyl halides is 3. The first kappa shape index (κ1) is 13.2. The average Bonchev–Trinajstić information content (AvgIpc) is 2.80. The Balaban J connectivity index is 2.07. The van der Waals surface area contributed by atoms with Crippen molar-refractivity contribution in [3.8, 4) is 11.5 Å². The molecule has 2 aromatic rings. The molecule has 1 heterocycles. The van der Waals surface area contributed by atoms with Crippen molar-refractivity contribution in [2.45, 2.75) is 31.5 Å². The van der Waals surface area contributed by atoms with Gasteiger partial charge in [-0.25, -0.2) is 4.98 Å². The molecule has 3 nitrogen and oxygen atoms in total. The SMILES string of the molecule is NC1CCc2nc(-c3ccccc3C(F)(F)F)oc2C1. The van der Waals surface area contributed by atoms with Gasteiger partial charge in [0.1, 0.15) is 5.76 Å². The van der Waals surface area contributed by atoms with Gasteiger partial charge in [-0.15, -0.1) is 0 Å². The van der Waals surface area contributed by atoms with Crippen molar-refractivity contribution in [2.24, 2.45) is 5.73 Å². The van der Waals surface area contributed by atoms with Crippen LogP contribution in [0.2, 0.25) is 0 Å². The van der Waals surface area contributed by atoms with E-state index < -0.39 is 11.7 Å². The second-order valence-corrected chi connectivity index (χ2v) is 4.94. The number of aryl methyl sites for hydroxylation is 1. The van der Waals surface area contributed by atoms with Gasteiger partial charge in [0, 0.05) is 18.0 Å². The summed E-state index contributed by atoms with van der Waals surface area (Å²) in [7, 11) is 0. The lowest BCUT2D eigenvalue weighted by Gasteiger charge is -2.14. The molecule has 6 heteroatoms. The molecule has 20 heavy (non-hydrogen) atoms. The van der Waals surface area contributed by atoms with Crippen molar-refractivity contribution >= 4 is 0 Å². The molecule has 0 spiro atoms. The molecular formula is C14H13F3N2O. The highest BCUT2D eigenvalue weighted by atomic mass is 19.4. The van der Waals surface area contributed by atoms with E-state index in [4.69, 9.17) is 10.2 Å². The van der Waals surface area contributed by atoms with Crippen LogP contribution in [0.15, 0.2) is 28.7 Å². The van der Waals surface area contributed by atoms with Crippen LogP contribution in [0.4, 0.5) is 13.2 Å². The number of rotatable bonds is 1. The summed E-state index contributed by atoms with van der Waals surface area (Å²) in [6.07, 6.45) is -2.48. The third-order valence-corrected chi connectivity index (χ3v) is 3.44. The summed E-state index contributed by atoms with van der Waals surface area (Å²) in [5.41, 5.74) is 5.79. The highest BCUT2D eigenvalue weighted by Gasteiger charge is 2.35. The van der Waals surface area contributed by atoms with Crippen LogP contribution < -0.4 is 5.73 Å². The molecule has 1 aliphatic rings. The molecule has 0 saturated carbocycles. The van der Waals surface area contributed by atoms with Gasteiger partial charge in [0.15, 0.2) is 0 Å². The van der Waals surface area contributed by atoms with E-state index >= 15 is 0 Å². The molecule has 0 fully saturated rings. The van der Waals surface area contributed by atoms with Gasteiger partial charge in [0.2, 0.25) is 5.89 Å². The Hall–Kier alpha value is -1.82. The number of hydrogen-bond donors (Lipinski definition) is 1. The number of fused-ring (bicyclic) bond motifs is 1. The molecule has 1 aliphatic carbocycles. The van der Waals surface area contributed by atoms with E-state index in [1.165, 1.54) is 12.1 Å². The molecule has 2 N–H and O–H groups in total. The van der Waals surface area contributed by atoms with E-state index in [1.54, 1.807) is 6.07 Å². The topological polar surface area (TPSA) is 52.0 Å². The van der Waals surface area contributed by atoms with E-state index in [1.807, 2.05) is 0 Å². The third-order valence-electron chi connectivity index (χ3n) is 3.44. The van der Waals surface area contributed by atoms with Crippen LogP contribution in [-0.4, -0.2) is 11.0 Å². The Morgan fingerprint density at radius 3 is 2.75 bits per heavy atom. The van der Waals surface area contributed by atoms with Gasteiger partial charge in [-0.2, -0.15) is 13.2 Å². The number of hydrogen-bond acceptors (Lipinski definition) is 3. The monoisotopic (exact) mass is 282 g/mol. The Morgan fingerprint density at radius 2 is 2.00 bits per heavy atom. The fraction of sp³-hybridized carbons (Fsp3) is 0.357. The quantitative estimate of drug-likeness (QED) is 0.874. The van der Waals surface area contributed by atoms with Crippen molar-refractivity contribution in [3.05, 3.63) is 41.3 Å². The Bertz CT molecular complexity index is 634. The predicted octanol–water partition coefficient (Wildman–Crippen LogP) is 3.18. The van der Waals surface area contributed by atoms with Crippen LogP contribution in [0.1, 0.15) is 23.4 Å². The molecule has 0 amide bonds. The molecule has 0 bridgehead atoms. The number of benzene rings is 1.